The molecule has 0 radical (unpaired) electrons. The van der Waals surface area contributed by atoms with Crippen molar-refractivity contribution in [1.29, 1.82) is 0 Å². The molecule has 0 saturated carbocycles. The molecule has 0 aliphatic rings. The van der Waals surface area contributed by atoms with E-state index < -0.39 is 6.10 Å². The second-order valence-corrected chi connectivity index (χ2v) is 4.20. The first-order chi connectivity index (χ1) is 7.61. The second kappa shape index (κ2) is 6.46. The Morgan fingerprint density at radius 3 is 2.56 bits per heavy atom. The van der Waals surface area contributed by atoms with E-state index in [1.807, 2.05) is 44.2 Å². The lowest BCUT2D eigenvalue weighted by Crippen LogP contribution is -2.24. The summed E-state index contributed by atoms with van der Waals surface area (Å²) in [5.74, 6) is 0.0794. The molecule has 0 fully saturated rings. The number of hydrogen-bond donors (Lipinski definition) is 1. The number of aliphatic hydroxyl groups is 1. The quantitative estimate of drug-likeness (QED) is 0.747. The van der Waals surface area contributed by atoms with Gasteiger partial charge in [0, 0.05) is 5.92 Å². The van der Waals surface area contributed by atoms with Gasteiger partial charge in [0.1, 0.15) is 0 Å². The Kier molecular flexibility index (Phi) is 5.23. The molecule has 2 atom stereocenters. The zero-order valence-corrected chi connectivity index (χ0v) is 10.0. The molecule has 1 rings (SSSR count). The third kappa shape index (κ3) is 4.17. The Morgan fingerprint density at radius 1 is 1.38 bits per heavy atom. The fourth-order valence-electron chi connectivity index (χ4n) is 1.34. The minimum atomic E-state index is -0.471. The summed E-state index contributed by atoms with van der Waals surface area (Å²) in [6.45, 7) is 8.60. The van der Waals surface area contributed by atoms with Gasteiger partial charge in [0.15, 0.2) is 0 Å². The SMILES string of the molecule is C=C(C)[C@@H](C)[C@@H](O)COCc1ccccc1. The summed E-state index contributed by atoms with van der Waals surface area (Å²) in [4.78, 5) is 0. The van der Waals surface area contributed by atoms with E-state index in [-0.39, 0.29) is 5.92 Å². The van der Waals surface area contributed by atoms with Crippen molar-refractivity contribution < 1.29 is 9.84 Å². The Balaban J connectivity index is 2.28. The minimum Gasteiger partial charge on any atom is -0.390 e. The van der Waals surface area contributed by atoms with Gasteiger partial charge < -0.3 is 9.84 Å². The zero-order chi connectivity index (χ0) is 12.0. The maximum Gasteiger partial charge on any atom is 0.0836 e. The van der Waals surface area contributed by atoms with E-state index in [1.165, 1.54) is 0 Å². The van der Waals surface area contributed by atoms with Crippen molar-refractivity contribution in [1.82, 2.24) is 0 Å². The molecule has 0 aliphatic carbocycles. The number of hydrogen-bond acceptors (Lipinski definition) is 2. The monoisotopic (exact) mass is 220 g/mol. The number of rotatable bonds is 6. The lowest BCUT2D eigenvalue weighted by atomic mass is 9.98. The molecule has 0 saturated heterocycles. The van der Waals surface area contributed by atoms with Gasteiger partial charge in [-0.1, -0.05) is 49.4 Å². The summed E-state index contributed by atoms with van der Waals surface area (Å²) in [5, 5.41) is 9.78. The lowest BCUT2D eigenvalue weighted by Gasteiger charge is -2.18. The predicted octanol–water partition coefficient (Wildman–Crippen LogP) is 2.78. The van der Waals surface area contributed by atoms with Crippen LogP contribution in [0.5, 0.6) is 0 Å². The van der Waals surface area contributed by atoms with Gasteiger partial charge in [-0.2, -0.15) is 0 Å². The summed E-state index contributed by atoms with van der Waals surface area (Å²) in [7, 11) is 0. The van der Waals surface area contributed by atoms with Crippen LogP contribution in [0.15, 0.2) is 42.5 Å². The molecule has 0 spiro atoms. The molecule has 0 amide bonds. The van der Waals surface area contributed by atoms with Crippen LogP contribution in [-0.2, 0) is 11.3 Å². The largest absolute Gasteiger partial charge is 0.390 e. The van der Waals surface area contributed by atoms with Crippen LogP contribution in [0.2, 0.25) is 0 Å². The van der Waals surface area contributed by atoms with Crippen LogP contribution in [0.4, 0.5) is 0 Å². The summed E-state index contributed by atoms with van der Waals surface area (Å²) >= 11 is 0. The van der Waals surface area contributed by atoms with E-state index in [0.717, 1.165) is 11.1 Å². The van der Waals surface area contributed by atoms with Crippen molar-refractivity contribution >= 4 is 0 Å². The topological polar surface area (TPSA) is 29.5 Å². The molecule has 2 heteroatoms. The van der Waals surface area contributed by atoms with E-state index in [9.17, 15) is 5.11 Å². The van der Waals surface area contributed by atoms with E-state index in [0.29, 0.717) is 13.2 Å². The average Bonchev–Trinajstić information content (AvgIpc) is 2.29. The van der Waals surface area contributed by atoms with Crippen LogP contribution in [0.1, 0.15) is 19.4 Å². The first-order valence-electron chi connectivity index (χ1n) is 5.56. The minimum absolute atomic E-state index is 0.0794. The van der Waals surface area contributed by atoms with E-state index in [2.05, 4.69) is 6.58 Å². The van der Waals surface area contributed by atoms with E-state index in [4.69, 9.17) is 4.74 Å². The van der Waals surface area contributed by atoms with Gasteiger partial charge in [-0.3, -0.25) is 0 Å². The first-order valence-corrected chi connectivity index (χ1v) is 5.56. The zero-order valence-electron chi connectivity index (χ0n) is 10.0. The van der Waals surface area contributed by atoms with Crippen LogP contribution in [-0.4, -0.2) is 17.8 Å². The molecule has 1 aromatic carbocycles. The summed E-state index contributed by atoms with van der Waals surface area (Å²) in [6, 6.07) is 9.95. The van der Waals surface area contributed by atoms with Crippen LogP contribution in [0.3, 0.4) is 0 Å². The van der Waals surface area contributed by atoms with Gasteiger partial charge in [-0.25, -0.2) is 0 Å². The molecule has 0 unspecified atom stereocenters. The third-order valence-corrected chi connectivity index (χ3v) is 2.75. The second-order valence-electron chi connectivity index (χ2n) is 4.20. The van der Waals surface area contributed by atoms with Gasteiger partial charge in [0.2, 0.25) is 0 Å². The Hall–Kier alpha value is -1.12. The smallest absolute Gasteiger partial charge is 0.0836 e. The van der Waals surface area contributed by atoms with Crippen molar-refractivity contribution in [3.63, 3.8) is 0 Å². The van der Waals surface area contributed by atoms with Crippen LogP contribution in [0, 0.1) is 5.92 Å². The highest BCUT2D eigenvalue weighted by molar-refractivity contribution is 5.13. The van der Waals surface area contributed by atoms with Crippen molar-refractivity contribution in [2.75, 3.05) is 6.61 Å². The molecule has 1 N–H and O–H groups in total. The highest BCUT2D eigenvalue weighted by atomic mass is 16.5. The Bertz CT molecular complexity index is 319. The molecule has 88 valence electrons. The van der Waals surface area contributed by atoms with Crippen molar-refractivity contribution in [2.24, 2.45) is 5.92 Å². The first kappa shape index (κ1) is 12.9. The number of aliphatic hydroxyl groups excluding tert-OH is 1. The molecule has 0 aliphatic heterocycles. The van der Waals surface area contributed by atoms with Crippen molar-refractivity contribution in [2.45, 2.75) is 26.6 Å². The van der Waals surface area contributed by atoms with Gasteiger partial charge in [0.25, 0.3) is 0 Å². The maximum atomic E-state index is 9.78. The molecule has 2 nitrogen and oxygen atoms in total. The van der Waals surface area contributed by atoms with Gasteiger partial charge in [-0.15, -0.1) is 0 Å². The van der Waals surface area contributed by atoms with Crippen molar-refractivity contribution in [3.05, 3.63) is 48.0 Å². The normalized spacial score (nSPS) is 14.4. The Morgan fingerprint density at radius 2 is 2.00 bits per heavy atom. The lowest BCUT2D eigenvalue weighted by molar-refractivity contribution is 0.00969. The summed E-state index contributed by atoms with van der Waals surface area (Å²) in [5.41, 5.74) is 2.11. The predicted molar refractivity (Wildman–Crippen MR) is 66.1 cm³/mol. The summed E-state index contributed by atoms with van der Waals surface area (Å²) < 4.78 is 5.46. The van der Waals surface area contributed by atoms with Gasteiger partial charge in [0.05, 0.1) is 19.3 Å². The fraction of sp³-hybridized carbons (Fsp3) is 0.429. The number of benzene rings is 1. The summed E-state index contributed by atoms with van der Waals surface area (Å²) in [6.07, 6.45) is -0.471. The molecule has 0 bridgehead atoms. The van der Waals surface area contributed by atoms with E-state index in [1.54, 1.807) is 0 Å². The van der Waals surface area contributed by atoms with Crippen LogP contribution >= 0.6 is 0 Å². The molecule has 0 aromatic heterocycles. The van der Waals surface area contributed by atoms with Gasteiger partial charge >= 0.3 is 0 Å². The maximum absolute atomic E-state index is 9.78. The van der Waals surface area contributed by atoms with E-state index >= 15 is 0 Å². The van der Waals surface area contributed by atoms with Crippen LogP contribution in [0.25, 0.3) is 0 Å². The average molecular weight is 220 g/mol. The molecule has 1 aromatic rings. The standard InChI is InChI=1S/C14H20O2/c1-11(2)12(3)14(15)10-16-9-13-7-5-4-6-8-13/h4-8,12,14-15H,1,9-10H2,2-3H3/t12-,14+/m1/s1. The van der Waals surface area contributed by atoms with Gasteiger partial charge in [-0.05, 0) is 12.5 Å². The highest BCUT2D eigenvalue weighted by Gasteiger charge is 2.14. The van der Waals surface area contributed by atoms with Crippen LogP contribution < -0.4 is 0 Å². The molecule has 16 heavy (non-hydrogen) atoms. The molecule has 0 heterocycles. The molecular formula is C14H20O2. The molecular weight excluding hydrogens is 200 g/mol. The highest BCUT2D eigenvalue weighted by Crippen LogP contribution is 2.13. The third-order valence-electron chi connectivity index (χ3n) is 2.75. The Labute approximate surface area is 97.6 Å². The van der Waals surface area contributed by atoms with Crippen molar-refractivity contribution in [3.8, 4) is 0 Å². The fourth-order valence-corrected chi connectivity index (χ4v) is 1.34. The number of ether oxygens (including phenoxy) is 1.